The number of amides is 4. The third-order valence-corrected chi connectivity index (χ3v) is 8.13. The van der Waals surface area contributed by atoms with Crippen molar-refractivity contribution in [1.82, 2.24) is 25.8 Å². The van der Waals surface area contributed by atoms with Crippen molar-refractivity contribution in [2.75, 3.05) is 58.4 Å². The molecule has 3 rings (SSSR count). The Hall–Kier alpha value is -4.18. The van der Waals surface area contributed by atoms with Crippen molar-refractivity contribution in [3.63, 3.8) is 0 Å². The number of hydrogen-bond donors (Lipinski definition) is 4. The Bertz CT molecular complexity index is 1460. The predicted molar refractivity (Wildman–Crippen MR) is 178 cm³/mol. The zero-order valence-corrected chi connectivity index (χ0v) is 27.8. The molecule has 2 heterocycles. The zero-order chi connectivity index (χ0) is 34.6. The van der Waals surface area contributed by atoms with E-state index in [1.54, 1.807) is 36.7 Å². The van der Waals surface area contributed by atoms with Crippen LogP contribution in [0.1, 0.15) is 53.6 Å². The average Bonchev–Trinajstić information content (AvgIpc) is 3.07. The fourth-order valence-corrected chi connectivity index (χ4v) is 5.45. The lowest BCUT2D eigenvalue weighted by atomic mass is 9.91. The standard InChI is InChI=1S/C33H45N5O9S/c39-30(10-9-27-7-4-13-34-22-27)35-14-2-1-5-26-11-16-38(17-12-26)33(42)29-8-3-6-28(21-29)23-37-31(40)24-47-20-19-46-18-15-36-32(41)25-48(43,44)45/h3-4,6-10,13,21-22,26H,1-2,5,11-12,14-20,23-25H2,(H,35,39)(H,36,41)(H,37,40)(H,43,44,45)/b10-9+. The normalized spacial score (nSPS) is 13.7. The molecule has 1 saturated heterocycles. The summed E-state index contributed by atoms with van der Waals surface area (Å²) in [4.78, 5) is 54.5. The number of likely N-dealkylation sites (tertiary alicyclic amines) is 1. The topological polar surface area (TPSA) is 193 Å². The Morgan fingerprint density at radius 1 is 0.938 bits per heavy atom. The van der Waals surface area contributed by atoms with Gasteiger partial charge in [0.2, 0.25) is 17.7 Å². The molecule has 2 aromatic rings. The highest BCUT2D eigenvalue weighted by Gasteiger charge is 2.23. The van der Waals surface area contributed by atoms with Crippen molar-refractivity contribution in [3.05, 3.63) is 71.6 Å². The molecule has 0 radical (unpaired) electrons. The van der Waals surface area contributed by atoms with Gasteiger partial charge in [0.1, 0.15) is 6.61 Å². The molecule has 0 aliphatic carbocycles. The van der Waals surface area contributed by atoms with Gasteiger partial charge in [-0.05, 0) is 60.6 Å². The Morgan fingerprint density at radius 3 is 2.48 bits per heavy atom. The smallest absolute Gasteiger partial charge is 0.274 e. The van der Waals surface area contributed by atoms with Crippen molar-refractivity contribution in [1.29, 1.82) is 0 Å². The third-order valence-electron chi connectivity index (χ3n) is 7.50. The largest absolute Gasteiger partial charge is 0.377 e. The van der Waals surface area contributed by atoms with Crippen LogP contribution in [0, 0.1) is 5.92 Å². The third kappa shape index (κ3) is 16.1. The van der Waals surface area contributed by atoms with Gasteiger partial charge in [-0.2, -0.15) is 8.42 Å². The molecule has 262 valence electrons. The minimum absolute atomic E-state index is 0.0231. The quantitative estimate of drug-likeness (QED) is 0.0903. The fourth-order valence-electron chi connectivity index (χ4n) is 5.01. The van der Waals surface area contributed by atoms with E-state index in [4.69, 9.17) is 14.0 Å². The summed E-state index contributed by atoms with van der Waals surface area (Å²) in [6.07, 6.45) is 11.5. The van der Waals surface area contributed by atoms with Gasteiger partial charge in [0.15, 0.2) is 5.75 Å². The molecule has 0 atom stereocenters. The minimum Gasteiger partial charge on any atom is -0.377 e. The maximum absolute atomic E-state index is 13.2. The Balaban J connectivity index is 1.23. The second kappa shape index (κ2) is 20.9. The number of unbranched alkanes of at least 4 members (excludes halogenated alkanes) is 1. The lowest BCUT2D eigenvalue weighted by Crippen LogP contribution is -2.38. The van der Waals surface area contributed by atoms with Gasteiger partial charge in [-0.25, -0.2) is 0 Å². The SMILES string of the molecule is O=C(/C=C/c1cccnc1)NCCCCC1CCN(C(=O)c2cccc(CNC(=O)COCCOCCNC(=O)CS(=O)(=O)O)c2)CC1. The van der Waals surface area contributed by atoms with Crippen LogP contribution >= 0.6 is 0 Å². The van der Waals surface area contributed by atoms with Crippen LogP contribution in [0.2, 0.25) is 0 Å². The molecule has 15 heteroatoms. The summed E-state index contributed by atoms with van der Waals surface area (Å²) in [5, 5.41) is 7.97. The Labute approximate surface area is 281 Å². The summed E-state index contributed by atoms with van der Waals surface area (Å²) >= 11 is 0. The molecule has 1 aromatic carbocycles. The average molecular weight is 688 g/mol. The lowest BCUT2D eigenvalue weighted by molar-refractivity contribution is -0.126. The van der Waals surface area contributed by atoms with Crippen LogP contribution in [0.4, 0.5) is 0 Å². The fraction of sp³-hybridized carbons (Fsp3) is 0.485. The van der Waals surface area contributed by atoms with Gasteiger partial charge in [-0.1, -0.05) is 31.0 Å². The van der Waals surface area contributed by atoms with Gasteiger partial charge < -0.3 is 30.3 Å². The molecule has 0 unspecified atom stereocenters. The van der Waals surface area contributed by atoms with Crippen LogP contribution < -0.4 is 16.0 Å². The molecule has 4 amide bonds. The number of carbonyl (C=O) groups is 4. The van der Waals surface area contributed by atoms with Gasteiger partial charge in [-0.3, -0.25) is 28.7 Å². The van der Waals surface area contributed by atoms with E-state index in [-0.39, 0.29) is 57.2 Å². The van der Waals surface area contributed by atoms with E-state index >= 15 is 0 Å². The maximum Gasteiger partial charge on any atom is 0.274 e. The molecule has 0 spiro atoms. The molecule has 48 heavy (non-hydrogen) atoms. The van der Waals surface area contributed by atoms with E-state index in [1.165, 1.54) is 6.08 Å². The number of hydrogen-bond acceptors (Lipinski definition) is 9. The highest BCUT2D eigenvalue weighted by molar-refractivity contribution is 7.86. The molecular weight excluding hydrogens is 642 g/mol. The molecule has 1 aromatic heterocycles. The van der Waals surface area contributed by atoms with E-state index in [1.807, 2.05) is 23.1 Å². The first-order chi connectivity index (χ1) is 23.1. The van der Waals surface area contributed by atoms with Crippen molar-refractivity contribution < 1.29 is 41.6 Å². The van der Waals surface area contributed by atoms with Gasteiger partial charge in [0.25, 0.3) is 16.0 Å². The number of nitrogens with one attached hydrogen (secondary N) is 3. The van der Waals surface area contributed by atoms with E-state index < -0.39 is 21.8 Å². The second-order valence-corrected chi connectivity index (χ2v) is 12.8. The van der Waals surface area contributed by atoms with Crippen molar-refractivity contribution in [2.45, 2.75) is 38.6 Å². The Kier molecular flexibility index (Phi) is 16.7. The number of aromatic nitrogens is 1. The lowest BCUT2D eigenvalue weighted by Gasteiger charge is -2.32. The first kappa shape index (κ1) is 38.3. The van der Waals surface area contributed by atoms with Gasteiger partial charge in [0, 0.05) is 56.8 Å². The summed E-state index contributed by atoms with van der Waals surface area (Å²) in [5.41, 5.74) is 2.25. The Morgan fingerprint density at radius 2 is 1.73 bits per heavy atom. The van der Waals surface area contributed by atoms with E-state index in [0.29, 0.717) is 31.1 Å². The summed E-state index contributed by atoms with van der Waals surface area (Å²) in [7, 11) is -4.37. The molecule has 14 nitrogen and oxygen atoms in total. The number of carbonyl (C=O) groups excluding carboxylic acids is 4. The number of nitrogens with zero attached hydrogens (tertiary/aromatic N) is 2. The highest BCUT2D eigenvalue weighted by atomic mass is 32.2. The first-order valence-corrected chi connectivity index (χ1v) is 17.6. The van der Waals surface area contributed by atoms with Crippen LogP contribution in [-0.4, -0.2) is 105 Å². The number of benzene rings is 1. The maximum atomic E-state index is 13.2. The summed E-state index contributed by atoms with van der Waals surface area (Å²) in [6.45, 7) is 2.55. The summed E-state index contributed by atoms with van der Waals surface area (Å²) < 4.78 is 40.3. The highest BCUT2D eigenvalue weighted by Crippen LogP contribution is 2.24. The monoisotopic (exact) mass is 687 g/mol. The number of ether oxygens (including phenoxy) is 2. The predicted octanol–water partition coefficient (Wildman–Crippen LogP) is 1.59. The van der Waals surface area contributed by atoms with E-state index in [9.17, 15) is 27.6 Å². The van der Waals surface area contributed by atoms with Gasteiger partial charge in [-0.15, -0.1) is 0 Å². The zero-order valence-electron chi connectivity index (χ0n) is 27.0. The number of piperidine rings is 1. The molecular formula is C33H45N5O9S. The van der Waals surface area contributed by atoms with E-state index in [2.05, 4.69) is 20.9 Å². The molecule has 0 bridgehead atoms. The molecule has 1 fully saturated rings. The molecule has 0 saturated carbocycles. The number of rotatable bonds is 20. The van der Waals surface area contributed by atoms with Crippen molar-refractivity contribution in [3.8, 4) is 0 Å². The summed E-state index contributed by atoms with van der Waals surface area (Å²) in [5.74, 6) is -1.76. The van der Waals surface area contributed by atoms with Crippen LogP contribution in [0.25, 0.3) is 6.08 Å². The first-order valence-electron chi connectivity index (χ1n) is 16.0. The van der Waals surface area contributed by atoms with Crippen LogP contribution in [0.3, 0.4) is 0 Å². The van der Waals surface area contributed by atoms with E-state index in [0.717, 1.165) is 43.2 Å². The second-order valence-electron chi connectivity index (χ2n) is 11.4. The minimum atomic E-state index is -4.37. The number of pyridine rings is 1. The molecule has 1 aliphatic heterocycles. The van der Waals surface area contributed by atoms with Crippen LogP contribution in [-0.2, 0) is 40.5 Å². The van der Waals surface area contributed by atoms with Crippen molar-refractivity contribution >= 4 is 39.8 Å². The summed E-state index contributed by atoms with van der Waals surface area (Å²) in [6, 6.07) is 10.9. The van der Waals surface area contributed by atoms with Gasteiger partial charge >= 0.3 is 0 Å². The van der Waals surface area contributed by atoms with Gasteiger partial charge in [0.05, 0.1) is 19.8 Å². The molecule has 1 aliphatic rings. The van der Waals surface area contributed by atoms with Crippen molar-refractivity contribution in [2.24, 2.45) is 5.92 Å². The molecule has 4 N–H and O–H groups in total. The van der Waals surface area contributed by atoms with Crippen LogP contribution in [0.5, 0.6) is 0 Å². The van der Waals surface area contributed by atoms with Crippen LogP contribution in [0.15, 0.2) is 54.9 Å².